The Kier molecular flexibility index (Phi) is 3.48. The van der Waals surface area contributed by atoms with Crippen LogP contribution < -0.4 is 0 Å². The summed E-state index contributed by atoms with van der Waals surface area (Å²) in [6.07, 6.45) is 0.148. The maximum atomic E-state index is 11.6. The van der Waals surface area contributed by atoms with E-state index in [2.05, 4.69) is 0 Å². The van der Waals surface area contributed by atoms with Crippen molar-refractivity contribution in [1.29, 1.82) is 0 Å². The van der Waals surface area contributed by atoms with Crippen molar-refractivity contribution in [3.8, 4) is 0 Å². The molecular formula is C14H14O3S. The predicted octanol–water partition coefficient (Wildman–Crippen LogP) is 3.13. The number of hydrogen-bond donors (Lipinski definition) is 0. The fourth-order valence-corrected chi connectivity index (χ4v) is 3.04. The predicted molar refractivity (Wildman–Crippen MR) is 72.3 cm³/mol. The van der Waals surface area contributed by atoms with E-state index < -0.39 is 0 Å². The van der Waals surface area contributed by atoms with Gasteiger partial charge in [-0.1, -0.05) is 17.7 Å². The summed E-state index contributed by atoms with van der Waals surface area (Å²) in [5, 5.41) is 0.982. The monoisotopic (exact) mass is 262 g/mol. The van der Waals surface area contributed by atoms with Crippen molar-refractivity contribution in [2.75, 3.05) is 7.11 Å². The molecule has 0 aliphatic carbocycles. The summed E-state index contributed by atoms with van der Waals surface area (Å²) in [6.45, 7) is 3.52. The summed E-state index contributed by atoms with van der Waals surface area (Å²) < 4.78 is 5.72. The lowest BCUT2D eigenvalue weighted by molar-refractivity contribution is -0.139. The van der Waals surface area contributed by atoms with E-state index in [-0.39, 0.29) is 18.2 Å². The molecule has 0 spiro atoms. The van der Waals surface area contributed by atoms with E-state index in [1.54, 1.807) is 0 Å². The second-order valence-corrected chi connectivity index (χ2v) is 5.27. The largest absolute Gasteiger partial charge is 0.469 e. The summed E-state index contributed by atoms with van der Waals surface area (Å²) in [5.41, 5.74) is 1.90. The molecule has 2 rings (SSSR count). The highest BCUT2D eigenvalue weighted by Crippen LogP contribution is 2.33. The Hall–Kier alpha value is -1.68. The van der Waals surface area contributed by atoms with Crippen LogP contribution in [0.25, 0.3) is 10.1 Å². The molecule has 0 unspecified atom stereocenters. The van der Waals surface area contributed by atoms with Gasteiger partial charge < -0.3 is 4.74 Å². The van der Waals surface area contributed by atoms with Crippen molar-refractivity contribution in [3.05, 3.63) is 34.2 Å². The second-order valence-electron chi connectivity index (χ2n) is 4.22. The minimum Gasteiger partial charge on any atom is -0.469 e. The highest BCUT2D eigenvalue weighted by atomic mass is 32.1. The number of thiophene rings is 1. The van der Waals surface area contributed by atoms with Crippen molar-refractivity contribution in [2.24, 2.45) is 0 Å². The number of carbonyl (C=O) groups is 2. The van der Waals surface area contributed by atoms with Crippen LogP contribution in [-0.2, 0) is 16.0 Å². The maximum Gasteiger partial charge on any atom is 0.310 e. The van der Waals surface area contributed by atoms with Gasteiger partial charge in [0.15, 0.2) is 5.78 Å². The molecule has 0 fully saturated rings. The molecule has 0 N–H and O–H groups in total. The third-order valence-electron chi connectivity index (χ3n) is 2.81. The Labute approximate surface area is 109 Å². The van der Waals surface area contributed by atoms with Crippen LogP contribution >= 0.6 is 11.3 Å². The lowest BCUT2D eigenvalue weighted by Crippen LogP contribution is -2.06. The van der Waals surface area contributed by atoms with Gasteiger partial charge in [-0.05, 0) is 30.9 Å². The molecule has 94 valence electrons. The molecule has 0 saturated heterocycles. The Bertz CT molecular complexity index is 625. The third kappa shape index (κ3) is 2.29. The number of esters is 1. The van der Waals surface area contributed by atoms with E-state index in [9.17, 15) is 9.59 Å². The van der Waals surface area contributed by atoms with Crippen LogP contribution in [0.5, 0.6) is 0 Å². The molecule has 0 amide bonds. The van der Waals surface area contributed by atoms with Crippen molar-refractivity contribution in [1.82, 2.24) is 0 Å². The Balaban J connectivity index is 2.64. The quantitative estimate of drug-likeness (QED) is 0.630. The van der Waals surface area contributed by atoms with Crippen LogP contribution in [0, 0.1) is 6.92 Å². The number of aryl methyl sites for hydroxylation is 1. The fraction of sp³-hybridized carbons (Fsp3) is 0.286. The van der Waals surface area contributed by atoms with Crippen molar-refractivity contribution in [2.45, 2.75) is 20.3 Å². The molecule has 4 heteroatoms. The van der Waals surface area contributed by atoms with Gasteiger partial charge in [-0.15, -0.1) is 11.3 Å². The minimum absolute atomic E-state index is 0.00671. The number of fused-ring (bicyclic) bond motifs is 1. The average molecular weight is 262 g/mol. The number of carbonyl (C=O) groups excluding carboxylic acids is 2. The first-order valence-electron chi connectivity index (χ1n) is 5.62. The molecule has 1 aromatic heterocycles. The van der Waals surface area contributed by atoms with Gasteiger partial charge in [0.25, 0.3) is 0 Å². The first-order chi connectivity index (χ1) is 8.52. The average Bonchev–Trinajstić information content (AvgIpc) is 2.67. The smallest absolute Gasteiger partial charge is 0.310 e. The van der Waals surface area contributed by atoms with Gasteiger partial charge in [-0.25, -0.2) is 0 Å². The van der Waals surface area contributed by atoms with Crippen LogP contribution in [0.4, 0.5) is 0 Å². The third-order valence-corrected chi connectivity index (χ3v) is 4.13. The van der Waals surface area contributed by atoms with E-state index in [0.29, 0.717) is 4.88 Å². The number of Topliss-reactive ketones (excluding diaryl/α,β-unsaturated/α-hetero) is 1. The highest BCUT2D eigenvalue weighted by molar-refractivity contribution is 7.21. The second kappa shape index (κ2) is 4.90. The summed E-state index contributed by atoms with van der Waals surface area (Å²) in [4.78, 5) is 23.8. The summed E-state index contributed by atoms with van der Waals surface area (Å²) >= 11 is 1.44. The Morgan fingerprint density at radius 1 is 1.33 bits per heavy atom. The number of ether oxygens (including phenoxy) is 1. The minimum atomic E-state index is -0.321. The lowest BCUT2D eigenvalue weighted by atomic mass is 10.0. The Morgan fingerprint density at radius 2 is 2.06 bits per heavy atom. The SMILES string of the molecule is COC(=O)Cc1c(C(C)=O)sc2ccc(C)cc12. The van der Waals surface area contributed by atoms with Crippen molar-refractivity contribution in [3.63, 3.8) is 0 Å². The lowest BCUT2D eigenvalue weighted by Gasteiger charge is -2.01. The van der Waals surface area contributed by atoms with Crippen LogP contribution in [0.1, 0.15) is 27.7 Å². The summed E-state index contributed by atoms with van der Waals surface area (Å²) in [5.74, 6) is -0.327. The van der Waals surface area contributed by atoms with Gasteiger partial charge in [-0.3, -0.25) is 9.59 Å². The van der Waals surface area contributed by atoms with Crippen LogP contribution in [0.15, 0.2) is 18.2 Å². The number of benzene rings is 1. The van der Waals surface area contributed by atoms with Crippen LogP contribution in [-0.4, -0.2) is 18.9 Å². The van der Waals surface area contributed by atoms with Crippen LogP contribution in [0.3, 0.4) is 0 Å². The number of methoxy groups -OCH3 is 1. The van der Waals surface area contributed by atoms with Crippen molar-refractivity contribution < 1.29 is 14.3 Å². The van der Waals surface area contributed by atoms with Gasteiger partial charge in [0.05, 0.1) is 18.4 Å². The van der Waals surface area contributed by atoms with E-state index in [1.165, 1.54) is 25.4 Å². The molecule has 18 heavy (non-hydrogen) atoms. The molecule has 0 bridgehead atoms. The first-order valence-corrected chi connectivity index (χ1v) is 6.44. The van der Waals surface area contributed by atoms with Gasteiger partial charge in [0.2, 0.25) is 0 Å². The van der Waals surface area contributed by atoms with Gasteiger partial charge in [0, 0.05) is 4.70 Å². The summed E-state index contributed by atoms with van der Waals surface area (Å²) in [7, 11) is 1.36. The molecule has 3 nitrogen and oxygen atoms in total. The van der Waals surface area contributed by atoms with E-state index in [1.807, 2.05) is 25.1 Å². The maximum absolute atomic E-state index is 11.6. The zero-order valence-corrected chi connectivity index (χ0v) is 11.4. The van der Waals surface area contributed by atoms with E-state index in [0.717, 1.165) is 21.2 Å². The summed E-state index contributed by atoms with van der Waals surface area (Å²) in [6, 6.07) is 6.00. The van der Waals surface area contributed by atoms with E-state index >= 15 is 0 Å². The topological polar surface area (TPSA) is 43.4 Å². The number of hydrogen-bond acceptors (Lipinski definition) is 4. The van der Waals surface area contributed by atoms with Gasteiger partial charge in [-0.2, -0.15) is 0 Å². The zero-order valence-electron chi connectivity index (χ0n) is 10.6. The standard InChI is InChI=1S/C14H14O3S/c1-8-4-5-12-10(6-8)11(7-13(16)17-3)14(18-12)9(2)15/h4-6H,7H2,1-3H3. The molecule has 0 saturated carbocycles. The highest BCUT2D eigenvalue weighted by Gasteiger charge is 2.18. The molecule has 0 aliphatic rings. The zero-order chi connectivity index (χ0) is 13.3. The molecule has 1 heterocycles. The number of ketones is 1. The van der Waals surface area contributed by atoms with Crippen molar-refractivity contribution >= 4 is 33.2 Å². The molecule has 1 aromatic carbocycles. The molecule has 0 radical (unpaired) electrons. The van der Waals surface area contributed by atoms with Gasteiger partial charge in [0.1, 0.15) is 0 Å². The normalized spacial score (nSPS) is 10.6. The van der Waals surface area contributed by atoms with Crippen LogP contribution in [0.2, 0.25) is 0 Å². The molecule has 2 aromatic rings. The van der Waals surface area contributed by atoms with Gasteiger partial charge >= 0.3 is 5.97 Å². The number of rotatable bonds is 3. The molecular weight excluding hydrogens is 248 g/mol. The van der Waals surface area contributed by atoms with E-state index in [4.69, 9.17) is 4.74 Å². The first kappa shape index (κ1) is 12.8. The molecule has 0 atom stereocenters. The fourth-order valence-electron chi connectivity index (χ4n) is 1.94. The Morgan fingerprint density at radius 3 is 2.67 bits per heavy atom. The molecule has 0 aliphatic heterocycles.